The molecule has 1 unspecified atom stereocenters. The number of hydrogen-bond acceptors (Lipinski definition) is 2. The predicted octanol–water partition coefficient (Wildman–Crippen LogP) is 3.02. The number of phenols is 1. The smallest absolute Gasteiger partial charge is 0.115 e. The van der Waals surface area contributed by atoms with Gasteiger partial charge in [0.15, 0.2) is 0 Å². The molecule has 0 aliphatic heterocycles. The van der Waals surface area contributed by atoms with Gasteiger partial charge in [0.05, 0.1) is 0 Å². The molecule has 1 aliphatic carbocycles. The highest BCUT2D eigenvalue weighted by Crippen LogP contribution is 2.33. The molecule has 0 spiro atoms. The Morgan fingerprint density at radius 3 is 3.00 bits per heavy atom. The third-order valence-electron chi connectivity index (χ3n) is 3.32. The summed E-state index contributed by atoms with van der Waals surface area (Å²) in [7, 11) is 0. The van der Waals surface area contributed by atoms with Gasteiger partial charge in [-0.3, -0.25) is 0 Å². The quantitative estimate of drug-likeness (QED) is 0.816. The van der Waals surface area contributed by atoms with Crippen LogP contribution in [0, 0.1) is 5.92 Å². The fourth-order valence-corrected chi connectivity index (χ4v) is 2.36. The summed E-state index contributed by atoms with van der Waals surface area (Å²) in [6.45, 7) is 5.59. The Hall–Kier alpha value is -1.02. The minimum Gasteiger partial charge on any atom is -0.508 e. The number of hydrogen-bond donors (Lipinski definition) is 2. The maximum absolute atomic E-state index is 9.41. The van der Waals surface area contributed by atoms with Gasteiger partial charge >= 0.3 is 0 Å². The van der Waals surface area contributed by atoms with E-state index in [2.05, 4.69) is 25.2 Å². The van der Waals surface area contributed by atoms with E-state index >= 15 is 0 Å². The normalized spacial score (nSPS) is 19.1. The van der Waals surface area contributed by atoms with Crippen LogP contribution in [-0.4, -0.2) is 11.7 Å². The largest absolute Gasteiger partial charge is 0.508 e. The summed E-state index contributed by atoms with van der Waals surface area (Å²) in [5, 5.41) is 13.0. The number of rotatable bonds is 4. The monoisotopic (exact) mass is 219 g/mol. The van der Waals surface area contributed by atoms with E-state index in [4.69, 9.17) is 0 Å². The standard InChI is InChI=1S/C14H21NO/c1-10(2)7-8-15-14-6-3-11-9-12(16)4-5-13(11)14/h4-5,9-10,14-16H,3,6-8H2,1-2H3. The Morgan fingerprint density at radius 2 is 2.25 bits per heavy atom. The van der Waals surface area contributed by atoms with Crippen molar-refractivity contribution in [2.75, 3.05) is 6.54 Å². The second-order valence-corrected chi connectivity index (χ2v) is 5.11. The number of benzene rings is 1. The number of nitrogens with one attached hydrogen (secondary N) is 1. The van der Waals surface area contributed by atoms with Crippen molar-refractivity contribution < 1.29 is 5.11 Å². The molecule has 0 radical (unpaired) electrons. The third-order valence-corrected chi connectivity index (χ3v) is 3.32. The predicted molar refractivity (Wildman–Crippen MR) is 66.6 cm³/mol. The van der Waals surface area contributed by atoms with E-state index in [0.29, 0.717) is 11.8 Å². The molecule has 1 atom stereocenters. The summed E-state index contributed by atoms with van der Waals surface area (Å²) in [5.41, 5.74) is 2.68. The molecule has 2 heteroatoms. The molecule has 2 nitrogen and oxygen atoms in total. The van der Waals surface area contributed by atoms with Gasteiger partial charge in [-0.15, -0.1) is 0 Å². The van der Waals surface area contributed by atoms with Crippen LogP contribution in [-0.2, 0) is 6.42 Å². The zero-order valence-corrected chi connectivity index (χ0v) is 10.2. The molecule has 0 saturated carbocycles. The Bertz CT molecular complexity index is 360. The second-order valence-electron chi connectivity index (χ2n) is 5.11. The lowest BCUT2D eigenvalue weighted by molar-refractivity contribution is 0.472. The fourth-order valence-electron chi connectivity index (χ4n) is 2.36. The molecule has 2 N–H and O–H groups in total. The van der Waals surface area contributed by atoms with Gasteiger partial charge in [0.2, 0.25) is 0 Å². The Labute approximate surface area is 97.7 Å². The van der Waals surface area contributed by atoms with Gasteiger partial charge in [0.25, 0.3) is 0 Å². The first kappa shape index (κ1) is 11.5. The average Bonchev–Trinajstić information content (AvgIpc) is 2.60. The first-order valence-electron chi connectivity index (χ1n) is 6.22. The Kier molecular flexibility index (Phi) is 3.49. The summed E-state index contributed by atoms with van der Waals surface area (Å²) < 4.78 is 0. The molecule has 0 saturated heterocycles. The van der Waals surface area contributed by atoms with E-state index in [0.717, 1.165) is 25.3 Å². The molecule has 0 heterocycles. The molecule has 16 heavy (non-hydrogen) atoms. The van der Waals surface area contributed by atoms with Crippen LogP contribution in [0.25, 0.3) is 0 Å². The molecule has 1 aromatic carbocycles. The van der Waals surface area contributed by atoms with E-state index in [9.17, 15) is 5.11 Å². The van der Waals surface area contributed by atoms with Crippen molar-refractivity contribution in [2.24, 2.45) is 5.92 Å². The topological polar surface area (TPSA) is 32.3 Å². The summed E-state index contributed by atoms with van der Waals surface area (Å²) >= 11 is 0. The van der Waals surface area contributed by atoms with Crippen molar-refractivity contribution in [1.29, 1.82) is 0 Å². The van der Waals surface area contributed by atoms with Crippen LogP contribution in [0.5, 0.6) is 5.75 Å². The summed E-state index contributed by atoms with van der Waals surface area (Å²) in [4.78, 5) is 0. The van der Waals surface area contributed by atoms with Crippen molar-refractivity contribution in [1.82, 2.24) is 5.32 Å². The molecule has 0 bridgehead atoms. The molecule has 0 amide bonds. The molecule has 2 rings (SSSR count). The van der Waals surface area contributed by atoms with Crippen molar-refractivity contribution in [3.8, 4) is 5.75 Å². The molecule has 0 fully saturated rings. The Balaban J connectivity index is 1.95. The van der Waals surface area contributed by atoms with Gasteiger partial charge in [-0.2, -0.15) is 0 Å². The maximum Gasteiger partial charge on any atom is 0.115 e. The van der Waals surface area contributed by atoms with Crippen molar-refractivity contribution in [3.63, 3.8) is 0 Å². The van der Waals surface area contributed by atoms with Crippen molar-refractivity contribution in [3.05, 3.63) is 29.3 Å². The van der Waals surface area contributed by atoms with Crippen LogP contribution in [0.2, 0.25) is 0 Å². The number of phenolic OH excluding ortho intramolecular Hbond substituents is 1. The first-order valence-corrected chi connectivity index (χ1v) is 6.22. The zero-order chi connectivity index (χ0) is 11.5. The van der Waals surface area contributed by atoms with Gasteiger partial charge in [-0.05, 0) is 55.0 Å². The molecule has 0 aromatic heterocycles. The molecule has 88 valence electrons. The van der Waals surface area contributed by atoms with Crippen LogP contribution in [0.1, 0.15) is 43.9 Å². The van der Waals surface area contributed by atoms with Crippen molar-refractivity contribution >= 4 is 0 Å². The van der Waals surface area contributed by atoms with Gasteiger partial charge in [0.1, 0.15) is 5.75 Å². The van der Waals surface area contributed by atoms with E-state index < -0.39 is 0 Å². The number of fused-ring (bicyclic) bond motifs is 1. The van der Waals surface area contributed by atoms with Crippen LogP contribution < -0.4 is 5.32 Å². The van der Waals surface area contributed by atoms with Gasteiger partial charge < -0.3 is 10.4 Å². The summed E-state index contributed by atoms with van der Waals surface area (Å²) in [6, 6.07) is 6.25. The maximum atomic E-state index is 9.41. The van der Waals surface area contributed by atoms with Crippen LogP contribution >= 0.6 is 0 Å². The van der Waals surface area contributed by atoms with Gasteiger partial charge in [-0.25, -0.2) is 0 Å². The zero-order valence-electron chi connectivity index (χ0n) is 10.2. The lowest BCUT2D eigenvalue weighted by Crippen LogP contribution is -2.21. The minimum absolute atomic E-state index is 0.390. The lowest BCUT2D eigenvalue weighted by atomic mass is 10.1. The van der Waals surface area contributed by atoms with E-state index in [1.807, 2.05) is 6.07 Å². The highest BCUT2D eigenvalue weighted by atomic mass is 16.3. The number of aromatic hydroxyl groups is 1. The highest BCUT2D eigenvalue weighted by molar-refractivity contribution is 5.39. The van der Waals surface area contributed by atoms with Crippen LogP contribution in [0.4, 0.5) is 0 Å². The summed E-state index contributed by atoms with van der Waals surface area (Å²) in [5.74, 6) is 1.15. The van der Waals surface area contributed by atoms with Crippen LogP contribution in [0.3, 0.4) is 0 Å². The molecule has 1 aliphatic rings. The van der Waals surface area contributed by atoms with E-state index in [-0.39, 0.29) is 0 Å². The van der Waals surface area contributed by atoms with Crippen molar-refractivity contribution in [2.45, 2.75) is 39.2 Å². The lowest BCUT2D eigenvalue weighted by Gasteiger charge is -2.15. The summed E-state index contributed by atoms with van der Waals surface area (Å²) in [6.07, 6.45) is 3.48. The SMILES string of the molecule is CC(C)CCNC1CCc2cc(O)ccc21. The molecule has 1 aromatic rings. The highest BCUT2D eigenvalue weighted by Gasteiger charge is 2.21. The minimum atomic E-state index is 0.390. The molecular weight excluding hydrogens is 198 g/mol. The molecular formula is C14H21NO. The van der Waals surface area contributed by atoms with Gasteiger partial charge in [0, 0.05) is 6.04 Å². The Morgan fingerprint density at radius 1 is 1.44 bits per heavy atom. The van der Waals surface area contributed by atoms with E-state index in [1.54, 1.807) is 6.07 Å². The first-order chi connectivity index (χ1) is 7.66. The van der Waals surface area contributed by atoms with Crippen LogP contribution in [0.15, 0.2) is 18.2 Å². The van der Waals surface area contributed by atoms with E-state index in [1.165, 1.54) is 17.5 Å². The third kappa shape index (κ3) is 2.56. The van der Waals surface area contributed by atoms with Gasteiger partial charge in [-0.1, -0.05) is 19.9 Å². The average molecular weight is 219 g/mol. The fraction of sp³-hybridized carbons (Fsp3) is 0.571. The number of aryl methyl sites for hydroxylation is 1. The second kappa shape index (κ2) is 4.88.